The summed E-state index contributed by atoms with van der Waals surface area (Å²) in [5.41, 5.74) is 1.71. The van der Waals surface area contributed by atoms with E-state index in [-0.39, 0.29) is 11.2 Å². The maximum Gasteiger partial charge on any atom is 0.332 e. The highest BCUT2D eigenvalue weighted by molar-refractivity contribution is 6.32. The van der Waals surface area contributed by atoms with E-state index in [0.717, 1.165) is 0 Å². The number of nitrogens with zero attached hydrogens (tertiary/aromatic N) is 4. The number of aliphatic hydroxyl groups is 1. The average molecular weight is 539 g/mol. The van der Waals surface area contributed by atoms with E-state index >= 15 is 4.39 Å². The van der Waals surface area contributed by atoms with Gasteiger partial charge in [-0.3, -0.25) is 9.36 Å². The van der Waals surface area contributed by atoms with Gasteiger partial charge in [0, 0.05) is 62.5 Å². The number of methoxy groups -OCH3 is 1. The van der Waals surface area contributed by atoms with Gasteiger partial charge in [0.25, 0.3) is 5.56 Å². The molecule has 1 saturated heterocycles. The van der Waals surface area contributed by atoms with Crippen molar-refractivity contribution < 1.29 is 14.2 Å². The number of anilines is 1. The maximum atomic E-state index is 15.0. The summed E-state index contributed by atoms with van der Waals surface area (Å²) < 4.78 is 25.1. The molecule has 1 fully saturated rings. The van der Waals surface area contributed by atoms with Crippen molar-refractivity contribution in [2.24, 2.45) is 14.1 Å². The highest BCUT2D eigenvalue weighted by Crippen LogP contribution is 2.41. The fourth-order valence-electron chi connectivity index (χ4n) is 4.98. The zero-order chi connectivity index (χ0) is 27.4. The number of benzene rings is 2. The fourth-order valence-corrected chi connectivity index (χ4v) is 5.25. The summed E-state index contributed by atoms with van der Waals surface area (Å²) in [5.74, 6) is -0.0834. The number of halogens is 2. The van der Waals surface area contributed by atoms with Crippen molar-refractivity contribution in [3.8, 4) is 33.7 Å². The molecule has 1 atom stereocenters. The van der Waals surface area contributed by atoms with Crippen LogP contribution in [0.1, 0.15) is 13.3 Å². The smallest absolute Gasteiger partial charge is 0.332 e. The Bertz CT molecular complexity index is 1670. The van der Waals surface area contributed by atoms with Crippen molar-refractivity contribution in [2.45, 2.75) is 18.9 Å². The van der Waals surface area contributed by atoms with Crippen LogP contribution >= 0.6 is 11.6 Å². The van der Waals surface area contributed by atoms with Gasteiger partial charge in [0.05, 0.1) is 23.4 Å². The first kappa shape index (κ1) is 25.8. The molecule has 2 aromatic heterocycles. The van der Waals surface area contributed by atoms with Crippen molar-refractivity contribution in [1.82, 2.24) is 13.7 Å². The van der Waals surface area contributed by atoms with E-state index in [4.69, 9.17) is 16.3 Å². The molecule has 5 rings (SSSR count). The molecule has 1 aliphatic rings. The first-order chi connectivity index (χ1) is 18.0. The molecule has 1 N–H and O–H groups in total. The summed E-state index contributed by atoms with van der Waals surface area (Å²) in [6.45, 7) is 2.60. The minimum atomic E-state index is -0.888. The van der Waals surface area contributed by atoms with Crippen LogP contribution in [-0.2, 0) is 14.1 Å². The van der Waals surface area contributed by atoms with Gasteiger partial charge in [-0.05, 0) is 49.2 Å². The van der Waals surface area contributed by atoms with Crippen LogP contribution in [0.4, 0.5) is 10.1 Å². The van der Waals surface area contributed by atoms with E-state index in [9.17, 15) is 14.7 Å². The van der Waals surface area contributed by atoms with Gasteiger partial charge in [0.2, 0.25) is 0 Å². The normalized spacial score (nSPS) is 17.3. The largest absolute Gasteiger partial charge is 0.495 e. The second-order valence-corrected chi connectivity index (χ2v) is 10.4. The highest BCUT2D eigenvalue weighted by Gasteiger charge is 2.33. The Labute approximate surface area is 223 Å². The molecule has 0 aliphatic carbocycles. The first-order valence-electron chi connectivity index (χ1n) is 12.1. The predicted molar refractivity (Wildman–Crippen MR) is 146 cm³/mol. The van der Waals surface area contributed by atoms with E-state index in [1.165, 1.54) is 32.9 Å². The molecule has 198 valence electrons. The predicted octanol–water partition coefficient (Wildman–Crippen LogP) is 3.97. The first-order valence-corrected chi connectivity index (χ1v) is 12.5. The number of aromatic nitrogens is 3. The number of imidazole rings is 1. The topological polar surface area (TPSA) is 81.6 Å². The van der Waals surface area contributed by atoms with Crippen molar-refractivity contribution >= 4 is 17.3 Å². The van der Waals surface area contributed by atoms with Crippen LogP contribution in [0.2, 0.25) is 5.02 Å². The third kappa shape index (κ3) is 4.52. The minimum Gasteiger partial charge on any atom is -0.495 e. The van der Waals surface area contributed by atoms with Crippen LogP contribution in [-0.4, -0.2) is 44.6 Å². The molecule has 0 radical (unpaired) electrons. The number of aryl methyl sites for hydroxylation is 2. The maximum absolute atomic E-state index is 15.0. The number of ether oxygens (including phenoxy) is 1. The molecule has 0 bridgehead atoms. The Kier molecular flexibility index (Phi) is 6.44. The summed E-state index contributed by atoms with van der Waals surface area (Å²) in [4.78, 5) is 27.2. The second-order valence-electron chi connectivity index (χ2n) is 9.96. The molecule has 0 amide bonds. The van der Waals surface area contributed by atoms with Crippen LogP contribution in [0, 0.1) is 5.82 Å². The van der Waals surface area contributed by atoms with Crippen LogP contribution < -0.4 is 20.9 Å². The van der Waals surface area contributed by atoms with Gasteiger partial charge in [-0.1, -0.05) is 17.7 Å². The number of hydrogen-bond acceptors (Lipinski definition) is 5. The summed E-state index contributed by atoms with van der Waals surface area (Å²) in [5, 5.41) is 10.7. The quantitative estimate of drug-likeness (QED) is 0.416. The summed E-state index contributed by atoms with van der Waals surface area (Å²) in [7, 11) is 4.79. The van der Waals surface area contributed by atoms with Crippen LogP contribution in [0.5, 0.6) is 5.75 Å². The fraction of sp³-hybridized carbons (Fsp3) is 0.286. The third-order valence-electron chi connectivity index (χ3n) is 6.99. The van der Waals surface area contributed by atoms with Gasteiger partial charge in [-0.2, -0.15) is 0 Å². The van der Waals surface area contributed by atoms with Crippen LogP contribution in [0.15, 0.2) is 64.6 Å². The Morgan fingerprint density at radius 3 is 2.29 bits per heavy atom. The molecule has 3 heterocycles. The lowest BCUT2D eigenvalue weighted by molar-refractivity contribution is 0.0839. The molecule has 1 aliphatic heterocycles. The van der Waals surface area contributed by atoms with Gasteiger partial charge in [0.1, 0.15) is 17.3 Å². The van der Waals surface area contributed by atoms with E-state index < -0.39 is 11.4 Å². The van der Waals surface area contributed by atoms with Gasteiger partial charge >= 0.3 is 5.69 Å². The van der Waals surface area contributed by atoms with Crippen LogP contribution in [0.3, 0.4) is 0 Å². The van der Waals surface area contributed by atoms with E-state index in [0.29, 0.717) is 63.9 Å². The Hall–Kier alpha value is -3.82. The standard InChI is InChI=1S/C28H28ClFN4O4/c1-28(37)7-8-33(16-28)24-12-18(15-32(3)26(24)35)21-14-19(30)13-20(25(21)38-4)17-5-6-23(22(29)11-17)34-10-9-31(2)27(34)36/h5-6,9-15,37H,7-8,16H2,1-4H3. The van der Waals surface area contributed by atoms with E-state index in [1.54, 1.807) is 63.9 Å². The molecule has 2 aromatic carbocycles. The summed E-state index contributed by atoms with van der Waals surface area (Å²) >= 11 is 6.57. The molecule has 0 spiro atoms. The van der Waals surface area contributed by atoms with Gasteiger partial charge in [-0.25, -0.2) is 9.18 Å². The summed E-state index contributed by atoms with van der Waals surface area (Å²) in [6.07, 6.45) is 5.44. The molecule has 10 heteroatoms. The average Bonchev–Trinajstić information content (AvgIpc) is 3.40. The van der Waals surface area contributed by atoms with Crippen molar-refractivity contribution in [1.29, 1.82) is 0 Å². The SMILES string of the molecule is COc1c(-c2ccc(-n3ccn(C)c3=O)c(Cl)c2)cc(F)cc1-c1cc(N2CCC(C)(O)C2)c(=O)n(C)c1. The van der Waals surface area contributed by atoms with Gasteiger partial charge < -0.3 is 23.9 Å². The zero-order valence-corrected chi connectivity index (χ0v) is 22.3. The molecule has 0 saturated carbocycles. The number of rotatable bonds is 5. The van der Waals surface area contributed by atoms with Crippen LogP contribution in [0.25, 0.3) is 27.9 Å². The lowest BCUT2D eigenvalue weighted by Crippen LogP contribution is -2.33. The molecular weight excluding hydrogens is 511 g/mol. The summed E-state index contributed by atoms with van der Waals surface area (Å²) in [6, 6.07) is 9.56. The zero-order valence-electron chi connectivity index (χ0n) is 21.5. The van der Waals surface area contributed by atoms with Gasteiger partial charge in [0.15, 0.2) is 0 Å². The lowest BCUT2D eigenvalue weighted by atomic mass is 9.97. The van der Waals surface area contributed by atoms with Crippen molar-refractivity contribution in [3.05, 3.63) is 86.7 Å². The van der Waals surface area contributed by atoms with E-state index in [1.807, 2.05) is 4.90 Å². The minimum absolute atomic E-state index is 0.208. The number of hydrogen-bond donors (Lipinski definition) is 1. The lowest BCUT2D eigenvalue weighted by Gasteiger charge is -2.22. The molecule has 1 unspecified atom stereocenters. The highest BCUT2D eigenvalue weighted by atomic mass is 35.5. The van der Waals surface area contributed by atoms with Crippen molar-refractivity contribution in [2.75, 3.05) is 25.1 Å². The third-order valence-corrected chi connectivity index (χ3v) is 7.29. The van der Waals surface area contributed by atoms with Crippen molar-refractivity contribution in [3.63, 3.8) is 0 Å². The van der Waals surface area contributed by atoms with Gasteiger partial charge in [-0.15, -0.1) is 0 Å². The Balaban J connectivity index is 1.63. The Morgan fingerprint density at radius 2 is 1.71 bits per heavy atom. The number of pyridine rings is 1. The molecule has 8 nitrogen and oxygen atoms in total. The van der Waals surface area contributed by atoms with E-state index in [2.05, 4.69) is 0 Å². The molecular formula is C28H28ClFN4O4. The molecule has 38 heavy (non-hydrogen) atoms. The number of β-amino-alcohol motifs (C(OH)–C–C–N with tert-alkyl or cyclic N) is 1. The molecule has 4 aromatic rings. The second kappa shape index (κ2) is 9.49. The Morgan fingerprint density at radius 1 is 1.00 bits per heavy atom. The monoisotopic (exact) mass is 538 g/mol.